The highest BCUT2D eigenvalue weighted by molar-refractivity contribution is 5.95. The molecule has 1 aromatic carbocycles. The van der Waals surface area contributed by atoms with Crippen LogP contribution in [0.5, 0.6) is 0 Å². The van der Waals surface area contributed by atoms with Crippen molar-refractivity contribution in [1.82, 2.24) is 10.1 Å². The lowest BCUT2D eigenvalue weighted by molar-refractivity contribution is -0.117. The van der Waals surface area contributed by atoms with Gasteiger partial charge >= 0.3 is 0 Å². The highest BCUT2D eigenvalue weighted by atomic mass is 19.1. The molecule has 1 unspecified atom stereocenters. The first-order valence-electron chi connectivity index (χ1n) is 7.50. The van der Waals surface area contributed by atoms with E-state index in [1.165, 1.54) is 12.1 Å². The Balaban J connectivity index is 1.85. The summed E-state index contributed by atoms with van der Waals surface area (Å²) in [6.45, 7) is 1.75. The molecule has 1 amide bonds. The quantitative estimate of drug-likeness (QED) is 0.780. The number of aryl methyl sites for hydroxylation is 1. The molecular weight excluding hydrogens is 309 g/mol. The Kier molecular flexibility index (Phi) is 4.65. The second kappa shape index (κ2) is 7.04. The monoisotopic (exact) mass is 325 g/mol. The molecule has 24 heavy (non-hydrogen) atoms. The van der Waals surface area contributed by atoms with Crippen LogP contribution >= 0.6 is 0 Å². The summed E-state index contributed by atoms with van der Waals surface area (Å²) >= 11 is 0. The summed E-state index contributed by atoms with van der Waals surface area (Å²) in [7, 11) is 0. The van der Waals surface area contributed by atoms with Crippen molar-refractivity contribution < 1.29 is 13.7 Å². The lowest BCUT2D eigenvalue weighted by Crippen LogP contribution is -2.23. The Morgan fingerprint density at radius 1 is 1.29 bits per heavy atom. The van der Waals surface area contributed by atoms with Crippen molar-refractivity contribution in [3.63, 3.8) is 0 Å². The zero-order valence-corrected chi connectivity index (χ0v) is 13.1. The predicted molar refractivity (Wildman–Crippen MR) is 87.0 cm³/mol. The Labute approximate surface area is 138 Å². The van der Waals surface area contributed by atoms with E-state index in [1.54, 1.807) is 37.5 Å². The van der Waals surface area contributed by atoms with Crippen LogP contribution in [0.15, 0.2) is 59.4 Å². The number of nitrogens with zero attached hydrogens (tertiary/aromatic N) is 2. The summed E-state index contributed by atoms with van der Waals surface area (Å²) in [6.07, 6.45) is 3.83. The van der Waals surface area contributed by atoms with Gasteiger partial charge in [0.2, 0.25) is 5.91 Å². The number of pyridine rings is 1. The van der Waals surface area contributed by atoms with Crippen molar-refractivity contribution >= 4 is 11.7 Å². The van der Waals surface area contributed by atoms with Crippen LogP contribution in [0.4, 0.5) is 10.2 Å². The molecule has 1 atom stereocenters. The first-order valence-corrected chi connectivity index (χ1v) is 7.50. The van der Waals surface area contributed by atoms with E-state index in [0.717, 1.165) is 11.1 Å². The van der Waals surface area contributed by atoms with Crippen molar-refractivity contribution in [1.29, 1.82) is 0 Å². The molecule has 0 saturated heterocycles. The second-order valence-electron chi connectivity index (χ2n) is 5.48. The molecule has 1 N–H and O–H groups in total. The molecule has 6 heteroatoms. The second-order valence-corrected chi connectivity index (χ2v) is 5.48. The number of carbonyl (C=O) groups is 1. The summed E-state index contributed by atoms with van der Waals surface area (Å²) in [5.41, 5.74) is 1.64. The first-order chi connectivity index (χ1) is 11.6. The SMILES string of the molecule is Cc1cc(NC(=O)C(Cc2cccnc2)c2ccc(F)cc2)no1. The van der Waals surface area contributed by atoms with Crippen LogP contribution in [0.3, 0.4) is 0 Å². The fourth-order valence-corrected chi connectivity index (χ4v) is 2.45. The maximum Gasteiger partial charge on any atom is 0.233 e. The number of aromatic nitrogens is 2. The zero-order valence-electron chi connectivity index (χ0n) is 13.1. The standard InChI is InChI=1S/C18H16FN3O2/c1-12-9-17(22-24-12)21-18(23)16(10-13-3-2-8-20-11-13)14-4-6-15(19)7-5-14/h2-9,11,16H,10H2,1H3,(H,21,22,23). The average Bonchev–Trinajstić information content (AvgIpc) is 2.99. The van der Waals surface area contributed by atoms with E-state index in [-0.39, 0.29) is 11.7 Å². The van der Waals surface area contributed by atoms with Gasteiger partial charge in [0.15, 0.2) is 5.82 Å². The van der Waals surface area contributed by atoms with Crippen LogP contribution in [-0.2, 0) is 11.2 Å². The van der Waals surface area contributed by atoms with E-state index in [0.29, 0.717) is 18.0 Å². The van der Waals surface area contributed by atoms with Crippen LogP contribution in [0, 0.1) is 12.7 Å². The molecule has 0 fully saturated rings. The van der Waals surface area contributed by atoms with Gasteiger partial charge in [0, 0.05) is 18.5 Å². The van der Waals surface area contributed by atoms with E-state index in [9.17, 15) is 9.18 Å². The van der Waals surface area contributed by atoms with Gasteiger partial charge in [-0.3, -0.25) is 9.78 Å². The molecule has 0 aliphatic rings. The van der Waals surface area contributed by atoms with Crippen molar-refractivity contribution in [3.8, 4) is 0 Å². The lowest BCUT2D eigenvalue weighted by atomic mass is 9.91. The number of carbonyl (C=O) groups excluding carboxylic acids is 1. The summed E-state index contributed by atoms with van der Waals surface area (Å²) in [5, 5.41) is 6.51. The third-order valence-corrected chi connectivity index (χ3v) is 3.63. The molecule has 0 radical (unpaired) electrons. The molecule has 3 aromatic rings. The summed E-state index contributed by atoms with van der Waals surface area (Å²) in [5.74, 6) is -0.108. The smallest absolute Gasteiger partial charge is 0.233 e. The van der Waals surface area contributed by atoms with E-state index in [2.05, 4.69) is 15.5 Å². The van der Waals surface area contributed by atoms with Gasteiger partial charge in [-0.1, -0.05) is 23.4 Å². The van der Waals surface area contributed by atoms with Crippen molar-refractivity contribution in [2.24, 2.45) is 0 Å². The van der Waals surface area contributed by atoms with E-state index in [1.807, 2.05) is 12.1 Å². The Morgan fingerprint density at radius 3 is 2.71 bits per heavy atom. The molecule has 2 aromatic heterocycles. The first kappa shape index (κ1) is 15.9. The minimum atomic E-state index is -0.494. The number of amides is 1. The summed E-state index contributed by atoms with van der Waals surface area (Å²) < 4.78 is 18.2. The van der Waals surface area contributed by atoms with Crippen molar-refractivity contribution in [3.05, 3.63) is 77.6 Å². The predicted octanol–water partition coefficient (Wildman–Crippen LogP) is 3.48. The molecule has 3 rings (SSSR count). The minimum Gasteiger partial charge on any atom is -0.360 e. The number of anilines is 1. The number of hydrogen-bond acceptors (Lipinski definition) is 4. The van der Waals surface area contributed by atoms with E-state index >= 15 is 0 Å². The Bertz CT molecular complexity index is 816. The van der Waals surface area contributed by atoms with Gasteiger partial charge in [-0.25, -0.2) is 4.39 Å². The van der Waals surface area contributed by atoms with Gasteiger partial charge in [-0.05, 0) is 42.7 Å². The van der Waals surface area contributed by atoms with E-state index in [4.69, 9.17) is 4.52 Å². The number of halogens is 1. The number of benzene rings is 1. The highest BCUT2D eigenvalue weighted by Crippen LogP contribution is 2.23. The summed E-state index contributed by atoms with van der Waals surface area (Å²) in [4.78, 5) is 16.8. The molecule has 0 saturated carbocycles. The van der Waals surface area contributed by atoms with Crippen molar-refractivity contribution in [2.45, 2.75) is 19.3 Å². The molecule has 0 bridgehead atoms. The number of rotatable bonds is 5. The molecule has 0 spiro atoms. The van der Waals surface area contributed by atoms with Crippen LogP contribution in [0.2, 0.25) is 0 Å². The molecule has 2 heterocycles. The third-order valence-electron chi connectivity index (χ3n) is 3.63. The summed E-state index contributed by atoms with van der Waals surface area (Å²) in [6, 6.07) is 11.3. The molecule has 0 aliphatic heterocycles. The van der Waals surface area contributed by atoms with Crippen LogP contribution in [0.25, 0.3) is 0 Å². The van der Waals surface area contributed by atoms with Gasteiger partial charge in [0.25, 0.3) is 0 Å². The van der Waals surface area contributed by atoms with Crippen LogP contribution < -0.4 is 5.32 Å². The third kappa shape index (κ3) is 3.84. The van der Waals surface area contributed by atoms with Gasteiger partial charge in [0.05, 0.1) is 5.92 Å². The van der Waals surface area contributed by atoms with Gasteiger partial charge in [-0.15, -0.1) is 0 Å². The van der Waals surface area contributed by atoms with E-state index < -0.39 is 5.92 Å². The maximum absolute atomic E-state index is 13.2. The Hall–Kier alpha value is -3.02. The fraction of sp³-hybridized carbons (Fsp3) is 0.167. The van der Waals surface area contributed by atoms with Gasteiger partial charge < -0.3 is 9.84 Å². The number of nitrogens with one attached hydrogen (secondary N) is 1. The Morgan fingerprint density at radius 2 is 2.08 bits per heavy atom. The fourth-order valence-electron chi connectivity index (χ4n) is 2.45. The highest BCUT2D eigenvalue weighted by Gasteiger charge is 2.22. The normalized spacial score (nSPS) is 11.9. The molecular formula is C18H16FN3O2. The maximum atomic E-state index is 13.2. The topological polar surface area (TPSA) is 68.0 Å². The minimum absolute atomic E-state index is 0.237. The number of hydrogen-bond donors (Lipinski definition) is 1. The largest absolute Gasteiger partial charge is 0.360 e. The average molecular weight is 325 g/mol. The van der Waals surface area contributed by atoms with Crippen molar-refractivity contribution in [2.75, 3.05) is 5.32 Å². The van der Waals surface area contributed by atoms with Crippen LogP contribution in [0.1, 0.15) is 22.8 Å². The molecule has 122 valence electrons. The van der Waals surface area contributed by atoms with Gasteiger partial charge in [-0.2, -0.15) is 0 Å². The lowest BCUT2D eigenvalue weighted by Gasteiger charge is -2.16. The van der Waals surface area contributed by atoms with Crippen LogP contribution in [-0.4, -0.2) is 16.0 Å². The van der Waals surface area contributed by atoms with Gasteiger partial charge in [0.1, 0.15) is 11.6 Å². The molecule has 5 nitrogen and oxygen atoms in total. The zero-order chi connectivity index (χ0) is 16.9. The molecule has 0 aliphatic carbocycles.